The Labute approximate surface area is 251 Å². The highest BCUT2D eigenvalue weighted by Gasteiger charge is 2.51. The first-order valence-electron chi connectivity index (χ1n) is 12.5. The molecule has 0 heterocycles. The zero-order valence-corrected chi connectivity index (χ0v) is 25.0. The van der Waals surface area contributed by atoms with E-state index in [1.54, 1.807) is 54.6 Å². The van der Waals surface area contributed by atoms with Gasteiger partial charge in [0, 0.05) is 18.7 Å². The van der Waals surface area contributed by atoms with Gasteiger partial charge in [0.1, 0.15) is 10.6 Å². The van der Waals surface area contributed by atoms with Gasteiger partial charge in [-0.2, -0.15) is 13.1 Å². The van der Waals surface area contributed by atoms with Gasteiger partial charge in [-0.15, -0.1) is 0 Å². The van der Waals surface area contributed by atoms with E-state index in [2.05, 4.69) is 0 Å². The topological polar surface area (TPSA) is 147 Å². The van der Waals surface area contributed by atoms with Crippen molar-refractivity contribution in [3.8, 4) is 16.9 Å². The molecule has 0 bridgehead atoms. The van der Waals surface area contributed by atoms with Crippen molar-refractivity contribution >= 4 is 35.1 Å². The van der Waals surface area contributed by atoms with Crippen molar-refractivity contribution in [2.75, 3.05) is 7.11 Å². The highest BCUT2D eigenvalue weighted by molar-refractivity contribution is 7.89. The van der Waals surface area contributed by atoms with E-state index in [-0.39, 0.29) is 34.9 Å². The molecule has 1 amide bonds. The van der Waals surface area contributed by atoms with Gasteiger partial charge in [0.15, 0.2) is 0 Å². The maximum Gasteiger partial charge on any atom is 0.399 e. The van der Waals surface area contributed by atoms with Crippen molar-refractivity contribution in [3.05, 3.63) is 118 Å². The first-order valence-corrected chi connectivity index (χ1v) is 15.9. The highest BCUT2D eigenvalue weighted by Crippen LogP contribution is 2.60. The average Bonchev–Trinajstić information content (AvgIpc) is 2.96. The van der Waals surface area contributed by atoms with Crippen LogP contribution in [0.25, 0.3) is 11.1 Å². The number of methoxy groups -OCH3 is 1. The number of ether oxygens (including phenoxy) is 1. The smallest absolute Gasteiger partial charge is 0.399 e. The fourth-order valence-electron chi connectivity index (χ4n) is 4.43. The molecule has 14 heteroatoms. The first kappa shape index (κ1) is 32.3. The Morgan fingerprint density at radius 1 is 0.977 bits per heavy atom. The molecule has 43 heavy (non-hydrogen) atoms. The summed E-state index contributed by atoms with van der Waals surface area (Å²) in [5, 5.41) is -0.649. The molecule has 4 aromatic rings. The third-order valence-electron chi connectivity index (χ3n) is 6.59. The van der Waals surface area contributed by atoms with Gasteiger partial charge in [0.25, 0.3) is 0 Å². The summed E-state index contributed by atoms with van der Waals surface area (Å²) in [6, 6.07) is 22.3. The molecular weight excluding hydrogens is 625 g/mol. The van der Waals surface area contributed by atoms with Gasteiger partial charge in [0.05, 0.1) is 17.7 Å². The fraction of sp³-hybridized carbons (Fsp3) is 0.138. The van der Waals surface area contributed by atoms with E-state index < -0.39 is 39.8 Å². The molecule has 9 nitrogen and oxygen atoms in total. The summed E-state index contributed by atoms with van der Waals surface area (Å²) in [4.78, 5) is 29.9. The molecule has 0 radical (unpaired) electrons. The molecule has 0 unspecified atom stereocenters. The predicted molar refractivity (Wildman–Crippen MR) is 157 cm³/mol. The summed E-state index contributed by atoms with van der Waals surface area (Å²) >= 11 is 6.04. The summed E-state index contributed by atoms with van der Waals surface area (Å²) in [5.74, 6) is -0.561. The molecular formula is C29H26ClF2N2O7PS. The lowest BCUT2D eigenvalue weighted by molar-refractivity contribution is 0.0565. The standard InChI is InChI=1S/C29H26ClF2N2O7PS/c1-41-26-11-4-5-12-27(26)43(39,40)34(17-19-13-14-24(25(30)15-19)29(31,32)42(36,37)38)18-22-7-2-3-10-23(22)20-8-6-9-21(16-20)28(33)35/h2-16H,17-18H2,1H3,(H2,33,35)(H2,36,37,38). The number of rotatable bonds is 11. The summed E-state index contributed by atoms with van der Waals surface area (Å²) < 4.78 is 74.7. The van der Waals surface area contributed by atoms with Gasteiger partial charge in [0.2, 0.25) is 15.9 Å². The molecule has 0 atom stereocenters. The van der Waals surface area contributed by atoms with Crippen molar-refractivity contribution in [2.45, 2.75) is 23.6 Å². The van der Waals surface area contributed by atoms with E-state index in [1.165, 1.54) is 25.3 Å². The van der Waals surface area contributed by atoms with Crippen LogP contribution in [-0.4, -0.2) is 35.5 Å². The van der Waals surface area contributed by atoms with Crippen LogP contribution in [0.2, 0.25) is 5.02 Å². The number of carbonyl (C=O) groups is 1. The number of halogens is 3. The van der Waals surface area contributed by atoms with Crippen molar-refractivity contribution in [3.63, 3.8) is 0 Å². The van der Waals surface area contributed by atoms with Crippen molar-refractivity contribution in [2.24, 2.45) is 5.73 Å². The predicted octanol–water partition coefficient (Wildman–Crippen LogP) is 5.73. The number of alkyl halides is 2. The number of carbonyl (C=O) groups excluding carboxylic acids is 1. The summed E-state index contributed by atoms with van der Waals surface area (Å²) in [6.07, 6.45) is 0. The molecule has 0 saturated heterocycles. The number of nitrogens with zero attached hydrogens (tertiary/aromatic N) is 1. The van der Waals surface area contributed by atoms with Gasteiger partial charge in [-0.25, -0.2) is 8.42 Å². The van der Waals surface area contributed by atoms with Crippen LogP contribution >= 0.6 is 19.2 Å². The van der Waals surface area contributed by atoms with Gasteiger partial charge in [-0.3, -0.25) is 9.36 Å². The monoisotopic (exact) mass is 650 g/mol. The number of nitrogens with two attached hydrogens (primary N) is 1. The minimum absolute atomic E-state index is 0.0737. The number of para-hydroxylation sites is 1. The second kappa shape index (κ2) is 12.5. The molecule has 0 aliphatic heterocycles. The minimum atomic E-state index is -5.89. The van der Waals surface area contributed by atoms with Crippen LogP contribution < -0.4 is 10.5 Å². The minimum Gasteiger partial charge on any atom is -0.495 e. The van der Waals surface area contributed by atoms with E-state index in [1.807, 2.05) is 0 Å². The molecule has 0 saturated carbocycles. The maximum absolute atomic E-state index is 14.4. The fourth-order valence-corrected chi connectivity index (χ4v) is 6.89. The molecule has 0 aliphatic rings. The quantitative estimate of drug-likeness (QED) is 0.176. The number of primary amides is 1. The molecule has 0 fully saturated rings. The second-order valence-corrected chi connectivity index (χ2v) is 13.4. The number of amides is 1. The van der Waals surface area contributed by atoms with Crippen molar-refractivity contribution in [1.82, 2.24) is 4.31 Å². The van der Waals surface area contributed by atoms with E-state index in [0.717, 1.165) is 22.5 Å². The lowest BCUT2D eigenvalue weighted by Gasteiger charge is -2.25. The molecule has 0 aromatic heterocycles. The Balaban J connectivity index is 1.82. The number of benzene rings is 4. The van der Waals surface area contributed by atoms with Gasteiger partial charge >= 0.3 is 13.3 Å². The molecule has 4 rings (SSSR count). The normalized spacial score (nSPS) is 12.3. The lowest BCUT2D eigenvalue weighted by Crippen LogP contribution is -2.31. The van der Waals surface area contributed by atoms with Gasteiger partial charge < -0.3 is 20.3 Å². The number of hydrogen-bond acceptors (Lipinski definition) is 5. The van der Waals surface area contributed by atoms with Crippen LogP contribution in [0.1, 0.15) is 27.0 Å². The molecule has 0 spiro atoms. The van der Waals surface area contributed by atoms with Crippen LogP contribution in [0, 0.1) is 0 Å². The Bertz CT molecular complexity index is 1830. The van der Waals surface area contributed by atoms with E-state index in [4.69, 9.17) is 31.9 Å². The van der Waals surface area contributed by atoms with Crippen molar-refractivity contribution in [1.29, 1.82) is 0 Å². The molecule has 0 aliphatic carbocycles. The largest absolute Gasteiger partial charge is 0.495 e. The Morgan fingerprint density at radius 2 is 1.65 bits per heavy atom. The third kappa shape index (κ3) is 6.80. The molecule has 226 valence electrons. The first-order chi connectivity index (χ1) is 20.2. The number of hydrogen-bond donors (Lipinski definition) is 3. The van der Waals surface area contributed by atoms with E-state index in [9.17, 15) is 26.6 Å². The molecule has 4 N–H and O–H groups in total. The van der Waals surface area contributed by atoms with Gasteiger partial charge in [-0.05, 0) is 52.6 Å². The van der Waals surface area contributed by atoms with Crippen LogP contribution in [0.15, 0.2) is 95.9 Å². The van der Waals surface area contributed by atoms with Crippen LogP contribution in [-0.2, 0) is 33.3 Å². The maximum atomic E-state index is 14.4. The average molecular weight is 651 g/mol. The van der Waals surface area contributed by atoms with E-state index in [0.29, 0.717) is 16.7 Å². The summed E-state index contributed by atoms with van der Waals surface area (Å²) in [5.41, 5.74) is 1.99. The third-order valence-corrected chi connectivity index (χ3v) is 9.71. The zero-order valence-electron chi connectivity index (χ0n) is 22.5. The van der Waals surface area contributed by atoms with Crippen LogP contribution in [0.3, 0.4) is 0 Å². The lowest BCUT2D eigenvalue weighted by atomic mass is 9.98. The number of sulfonamides is 1. The molecule has 4 aromatic carbocycles. The van der Waals surface area contributed by atoms with E-state index >= 15 is 0 Å². The van der Waals surface area contributed by atoms with Crippen molar-refractivity contribution < 1.29 is 41.1 Å². The zero-order chi connectivity index (χ0) is 31.6. The summed E-state index contributed by atoms with van der Waals surface area (Å²) in [7, 11) is -8.89. The second-order valence-electron chi connectivity index (χ2n) is 9.43. The SMILES string of the molecule is COc1ccccc1S(=O)(=O)N(Cc1ccc(C(F)(F)P(=O)(O)O)c(Cl)c1)Cc1ccccc1-c1cccc(C(N)=O)c1. The Kier molecular flexibility index (Phi) is 9.41. The van der Waals surface area contributed by atoms with Gasteiger partial charge in [-0.1, -0.05) is 72.3 Å². The van der Waals surface area contributed by atoms with Crippen LogP contribution in [0.4, 0.5) is 8.78 Å². The Morgan fingerprint density at radius 3 is 2.30 bits per heavy atom. The summed E-state index contributed by atoms with van der Waals surface area (Å²) in [6.45, 7) is -0.576. The highest BCUT2D eigenvalue weighted by atomic mass is 35.5. The van der Waals surface area contributed by atoms with Crippen LogP contribution in [0.5, 0.6) is 5.75 Å². The Hall–Kier alpha value is -3.64.